The Balaban J connectivity index is 1.98. The monoisotopic (exact) mass is 271 g/mol. The largest absolute Gasteiger partial charge is 0.378 e. The molecule has 4 heteroatoms. The fourth-order valence-corrected chi connectivity index (χ4v) is 2.62. The van der Waals surface area contributed by atoms with Gasteiger partial charge in [0.2, 0.25) is 0 Å². The Morgan fingerprint density at radius 3 is 3.00 bits per heavy atom. The van der Waals surface area contributed by atoms with Crippen molar-refractivity contribution in [3.8, 4) is 0 Å². The summed E-state index contributed by atoms with van der Waals surface area (Å²) in [4.78, 5) is 0. The Kier molecular flexibility index (Phi) is 4.98. The summed E-state index contributed by atoms with van der Waals surface area (Å²) in [5.74, 6) is -0.241. The number of benzene rings is 1. The molecule has 100 valence electrons. The third-order valence-corrected chi connectivity index (χ3v) is 3.72. The zero-order valence-electron chi connectivity index (χ0n) is 10.6. The maximum absolute atomic E-state index is 13.8. The molecule has 1 fully saturated rings. The van der Waals surface area contributed by atoms with Crippen LogP contribution in [0.25, 0.3) is 0 Å². The lowest BCUT2D eigenvalue weighted by Crippen LogP contribution is -2.19. The molecule has 2 unspecified atom stereocenters. The van der Waals surface area contributed by atoms with Crippen molar-refractivity contribution in [3.05, 3.63) is 34.6 Å². The van der Waals surface area contributed by atoms with Crippen molar-refractivity contribution < 1.29 is 9.13 Å². The third kappa shape index (κ3) is 3.44. The summed E-state index contributed by atoms with van der Waals surface area (Å²) < 4.78 is 19.4. The number of nitrogens with one attached hydrogen (secondary N) is 1. The van der Waals surface area contributed by atoms with Gasteiger partial charge in [0, 0.05) is 23.2 Å². The number of hydrogen-bond donors (Lipinski definition) is 1. The van der Waals surface area contributed by atoms with E-state index in [2.05, 4.69) is 5.32 Å². The van der Waals surface area contributed by atoms with Gasteiger partial charge in [0.15, 0.2) is 0 Å². The van der Waals surface area contributed by atoms with Gasteiger partial charge in [-0.3, -0.25) is 0 Å². The van der Waals surface area contributed by atoms with E-state index in [4.69, 9.17) is 16.3 Å². The number of hydrogen-bond acceptors (Lipinski definition) is 2. The minimum Gasteiger partial charge on any atom is -0.378 e. The van der Waals surface area contributed by atoms with Crippen molar-refractivity contribution in [1.29, 1.82) is 0 Å². The van der Waals surface area contributed by atoms with Crippen LogP contribution in [0, 0.1) is 5.82 Å². The first kappa shape index (κ1) is 13.8. The van der Waals surface area contributed by atoms with Gasteiger partial charge in [-0.1, -0.05) is 17.7 Å². The molecule has 1 heterocycles. The quantitative estimate of drug-likeness (QED) is 0.882. The fourth-order valence-electron chi connectivity index (χ4n) is 2.46. The van der Waals surface area contributed by atoms with Crippen LogP contribution in [0.2, 0.25) is 5.02 Å². The van der Waals surface area contributed by atoms with Crippen LogP contribution >= 0.6 is 11.6 Å². The second kappa shape index (κ2) is 6.50. The van der Waals surface area contributed by atoms with E-state index in [0.717, 1.165) is 32.3 Å². The normalized spacial score (nSPS) is 21.2. The predicted octanol–water partition coefficient (Wildman–Crippen LogP) is 3.70. The van der Waals surface area contributed by atoms with Gasteiger partial charge in [-0.15, -0.1) is 0 Å². The molecule has 0 radical (unpaired) electrons. The van der Waals surface area contributed by atoms with E-state index < -0.39 is 0 Å². The van der Waals surface area contributed by atoms with Crippen molar-refractivity contribution in [2.45, 2.75) is 37.8 Å². The molecule has 1 aliphatic heterocycles. The highest BCUT2D eigenvalue weighted by Gasteiger charge is 2.19. The number of halogens is 2. The zero-order chi connectivity index (χ0) is 13.0. The smallest absolute Gasteiger partial charge is 0.129 e. The van der Waals surface area contributed by atoms with E-state index in [1.54, 1.807) is 12.1 Å². The van der Waals surface area contributed by atoms with E-state index in [9.17, 15) is 4.39 Å². The Hall–Kier alpha value is -0.640. The SMILES string of the molecule is CNC(CCC1CCCO1)c1ccc(Cl)cc1F. The molecule has 0 aromatic heterocycles. The van der Waals surface area contributed by atoms with Crippen LogP contribution in [-0.4, -0.2) is 19.8 Å². The molecule has 2 atom stereocenters. The van der Waals surface area contributed by atoms with Crippen molar-refractivity contribution >= 4 is 11.6 Å². The third-order valence-electron chi connectivity index (χ3n) is 3.49. The van der Waals surface area contributed by atoms with Gasteiger partial charge in [0.1, 0.15) is 5.82 Å². The molecule has 1 aromatic carbocycles. The zero-order valence-corrected chi connectivity index (χ0v) is 11.3. The van der Waals surface area contributed by atoms with Crippen LogP contribution in [-0.2, 0) is 4.74 Å². The topological polar surface area (TPSA) is 21.3 Å². The highest BCUT2D eigenvalue weighted by molar-refractivity contribution is 6.30. The van der Waals surface area contributed by atoms with Crippen LogP contribution < -0.4 is 5.32 Å². The number of rotatable bonds is 5. The lowest BCUT2D eigenvalue weighted by Gasteiger charge is -2.19. The number of ether oxygens (including phenoxy) is 1. The summed E-state index contributed by atoms with van der Waals surface area (Å²) in [6.07, 6.45) is 4.45. The average molecular weight is 272 g/mol. The Morgan fingerprint density at radius 2 is 2.39 bits per heavy atom. The first-order valence-electron chi connectivity index (χ1n) is 6.44. The van der Waals surface area contributed by atoms with Gasteiger partial charge in [0.05, 0.1) is 6.10 Å². The van der Waals surface area contributed by atoms with Crippen molar-refractivity contribution in [3.63, 3.8) is 0 Å². The minimum absolute atomic E-state index is 0.0199. The first-order chi connectivity index (χ1) is 8.70. The van der Waals surface area contributed by atoms with Gasteiger partial charge >= 0.3 is 0 Å². The van der Waals surface area contributed by atoms with Crippen molar-refractivity contribution in [1.82, 2.24) is 5.32 Å². The Labute approximate surface area is 112 Å². The van der Waals surface area contributed by atoms with Crippen LogP contribution in [0.4, 0.5) is 4.39 Å². The molecular weight excluding hydrogens is 253 g/mol. The van der Waals surface area contributed by atoms with Crippen LogP contribution in [0.5, 0.6) is 0 Å². The molecule has 0 amide bonds. The maximum Gasteiger partial charge on any atom is 0.129 e. The molecule has 1 N–H and O–H groups in total. The van der Waals surface area contributed by atoms with Gasteiger partial charge < -0.3 is 10.1 Å². The summed E-state index contributed by atoms with van der Waals surface area (Å²) in [7, 11) is 1.86. The highest BCUT2D eigenvalue weighted by Crippen LogP contribution is 2.26. The van der Waals surface area contributed by atoms with Crippen LogP contribution in [0.1, 0.15) is 37.3 Å². The molecule has 1 aliphatic rings. The van der Waals surface area contributed by atoms with Crippen molar-refractivity contribution in [2.75, 3.05) is 13.7 Å². The molecule has 2 rings (SSSR count). The minimum atomic E-state index is -0.241. The second-order valence-corrected chi connectivity index (χ2v) is 5.16. The van der Waals surface area contributed by atoms with E-state index >= 15 is 0 Å². The molecular formula is C14H19ClFNO. The van der Waals surface area contributed by atoms with Crippen molar-refractivity contribution in [2.24, 2.45) is 0 Å². The second-order valence-electron chi connectivity index (χ2n) is 4.72. The van der Waals surface area contributed by atoms with E-state index in [1.807, 2.05) is 7.05 Å². The Bertz CT molecular complexity index is 393. The van der Waals surface area contributed by atoms with E-state index in [-0.39, 0.29) is 11.9 Å². The van der Waals surface area contributed by atoms with Crippen LogP contribution in [0.15, 0.2) is 18.2 Å². The Morgan fingerprint density at radius 1 is 1.56 bits per heavy atom. The molecule has 1 aromatic rings. The molecule has 2 nitrogen and oxygen atoms in total. The van der Waals surface area contributed by atoms with Gasteiger partial charge in [-0.25, -0.2) is 4.39 Å². The lowest BCUT2D eigenvalue weighted by atomic mass is 9.99. The molecule has 1 saturated heterocycles. The standard InChI is InChI=1S/C14H19ClFNO/c1-17-14(7-5-11-3-2-8-18-11)12-6-4-10(15)9-13(12)16/h4,6,9,11,14,17H,2-3,5,7-8H2,1H3. The highest BCUT2D eigenvalue weighted by atomic mass is 35.5. The average Bonchev–Trinajstić information content (AvgIpc) is 2.85. The summed E-state index contributed by atoms with van der Waals surface area (Å²) in [5.41, 5.74) is 0.680. The maximum atomic E-state index is 13.8. The van der Waals surface area contributed by atoms with Gasteiger partial charge in [0.25, 0.3) is 0 Å². The predicted molar refractivity (Wildman–Crippen MR) is 71.4 cm³/mol. The van der Waals surface area contributed by atoms with Gasteiger partial charge in [-0.2, -0.15) is 0 Å². The van der Waals surface area contributed by atoms with Crippen LogP contribution in [0.3, 0.4) is 0 Å². The molecule has 0 spiro atoms. The summed E-state index contributed by atoms with van der Waals surface area (Å²) >= 11 is 5.77. The first-order valence-corrected chi connectivity index (χ1v) is 6.82. The van der Waals surface area contributed by atoms with Gasteiger partial charge in [-0.05, 0) is 44.9 Å². The summed E-state index contributed by atoms with van der Waals surface area (Å²) in [6, 6.07) is 4.88. The fraction of sp³-hybridized carbons (Fsp3) is 0.571. The summed E-state index contributed by atoms with van der Waals surface area (Å²) in [6.45, 7) is 0.865. The lowest BCUT2D eigenvalue weighted by molar-refractivity contribution is 0.0997. The molecule has 0 bridgehead atoms. The summed E-state index contributed by atoms with van der Waals surface area (Å²) in [5, 5.41) is 3.60. The van der Waals surface area contributed by atoms with E-state index in [1.165, 1.54) is 6.07 Å². The molecule has 0 saturated carbocycles. The molecule has 0 aliphatic carbocycles. The van der Waals surface area contributed by atoms with E-state index in [0.29, 0.717) is 16.7 Å². The molecule has 18 heavy (non-hydrogen) atoms.